The summed E-state index contributed by atoms with van der Waals surface area (Å²) in [6.45, 7) is 0.710. The molecule has 0 N–H and O–H groups in total. The molecule has 4 aromatic rings. The normalized spacial score (nSPS) is 11.0. The lowest BCUT2D eigenvalue weighted by Gasteiger charge is -2.09. The van der Waals surface area contributed by atoms with E-state index in [1.807, 2.05) is 36.4 Å². The van der Waals surface area contributed by atoms with Crippen LogP contribution < -0.4 is 0 Å². The van der Waals surface area contributed by atoms with Gasteiger partial charge in [0.15, 0.2) is 5.16 Å². The molecule has 0 atom stereocenters. The van der Waals surface area contributed by atoms with Gasteiger partial charge in [-0.2, -0.15) is 0 Å². The SMILES string of the molecule is O=[N+]([O-])c1ccc(CSc2nc3cc(Cl)ccc3n2Cc2ccccc2)cc1. The standard InChI is InChI=1S/C21H16ClN3O2S/c22-17-8-11-20-19(12-17)23-21(24(20)13-15-4-2-1-3-5-15)28-14-16-6-9-18(10-7-16)25(26)27/h1-12H,13-14H2. The Morgan fingerprint density at radius 1 is 1.00 bits per heavy atom. The lowest BCUT2D eigenvalue weighted by atomic mass is 10.2. The Morgan fingerprint density at radius 2 is 1.75 bits per heavy atom. The van der Waals surface area contributed by atoms with Crippen molar-refractivity contribution in [2.45, 2.75) is 17.5 Å². The average molecular weight is 410 g/mol. The summed E-state index contributed by atoms with van der Waals surface area (Å²) in [5.74, 6) is 0.670. The van der Waals surface area contributed by atoms with Crippen molar-refractivity contribution in [2.75, 3.05) is 0 Å². The van der Waals surface area contributed by atoms with Crippen LogP contribution in [0.3, 0.4) is 0 Å². The molecule has 0 fully saturated rings. The zero-order valence-electron chi connectivity index (χ0n) is 14.8. The number of non-ortho nitro benzene ring substituents is 1. The molecule has 1 aromatic heterocycles. The van der Waals surface area contributed by atoms with E-state index in [2.05, 4.69) is 16.7 Å². The predicted octanol–water partition coefficient (Wildman–Crippen LogP) is 5.94. The van der Waals surface area contributed by atoms with Crippen molar-refractivity contribution >= 4 is 40.1 Å². The van der Waals surface area contributed by atoms with Crippen LogP contribution in [0.15, 0.2) is 78.0 Å². The second kappa shape index (κ2) is 8.04. The highest BCUT2D eigenvalue weighted by Gasteiger charge is 2.13. The van der Waals surface area contributed by atoms with E-state index in [9.17, 15) is 10.1 Å². The maximum atomic E-state index is 10.8. The van der Waals surface area contributed by atoms with E-state index >= 15 is 0 Å². The monoisotopic (exact) mass is 409 g/mol. The minimum atomic E-state index is -0.389. The molecule has 0 aliphatic rings. The fourth-order valence-electron chi connectivity index (χ4n) is 2.97. The summed E-state index contributed by atoms with van der Waals surface area (Å²) in [5.41, 5.74) is 4.18. The van der Waals surface area contributed by atoms with E-state index in [1.54, 1.807) is 23.9 Å². The molecule has 0 spiro atoms. The molecule has 0 aliphatic carbocycles. The van der Waals surface area contributed by atoms with Crippen molar-refractivity contribution in [2.24, 2.45) is 0 Å². The van der Waals surface area contributed by atoms with Gasteiger partial charge in [-0.25, -0.2) is 4.98 Å². The molecule has 0 unspecified atom stereocenters. The van der Waals surface area contributed by atoms with Gasteiger partial charge < -0.3 is 4.57 Å². The zero-order valence-corrected chi connectivity index (χ0v) is 16.4. The van der Waals surface area contributed by atoms with Gasteiger partial charge in [0.25, 0.3) is 5.69 Å². The van der Waals surface area contributed by atoms with Crippen molar-refractivity contribution in [1.29, 1.82) is 0 Å². The van der Waals surface area contributed by atoms with Crippen LogP contribution in [0.2, 0.25) is 5.02 Å². The first-order chi connectivity index (χ1) is 13.6. The first kappa shape index (κ1) is 18.5. The number of aromatic nitrogens is 2. The molecular weight excluding hydrogens is 394 g/mol. The van der Waals surface area contributed by atoms with Crippen LogP contribution in [-0.2, 0) is 12.3 Å². The van der Waals surface area contributed by atoms with E-state index in [-0.39, 0.29) is 10.6 Å². The molecule has 0 bridgehead atoms. The summed E-state index contributed by atoms with van der Waals surface area (Å²) in [6, 6.07) is 22.6. The van der Waals surface area contributed by atoms with E-state index in [1.165, 1.54) is 17.7 Å². The van der Waals surface area contributed by atoms with Gasteiger partial charge in [-0.05, 0) is 29.3 Å². The van der Waals surface area contributed by atoms with Gasteiger partial charge in [0.05, 0.1) is 22.5 Å². The number of fused-ring (bicyclic) bond motifs is 1. The highest BCUT2D eigenvalue weighted by molar-refractivity contribution is 7.98. The fourth-order valence-corrected chi connectivity index (χ4v) is 4.11. The lowest BCUT2D eigenvalue weighted by Crippen LogP contribution is -2.01. The van der Waals surface area contributed by atoms with Gasteiger partial charge in [0.1, 0.15) is 0 Å². The number of imidazole rings is 1. The van der Waals surface area contributed by atoms with Crippen LogP contribution in [0.4, 0.5) is 5.69 Å². The molecule has 0 radical (unpaired) electrons. The molecule has 140 valence electrons. The Labute approximate surface area is 171 Å². The first-order valence-electron chi connectivity index (χ1n) is 8.66. The topological polar surface area (TPSA) is 61.0 Å². The van der Waals surface area contributed by atoms with E-state index in [0.717, 1.165) is 21.8 Å². The van der Waals surface area contributed by atoms with Gasteiger partial charge in [-0.1, -0.05) is 65.8 Å². The Kier molecular flexibility index (Phi) is 5.32. The van der Waals surface area contributed by atoms with Crippen LogP contribution in [-0.4, -0.2) is 14.5 Å². The van der Waals surface area contributed by atoms with Crippen molar-refractivity contribution in [3.05, 3.63) is 99.1 Å². The van der Waals surface area contributed by atoms with E-state index < -0.39 is 0 Å². The van der Waals surface area contributed by atoms with Crippen LogP contribution in [0, 0.1) is 10.1 Å². The number of benzene rings is 3. The third-order valence-corrected chi connectivity index (χ3v) is 5.66. The summed E-state index contributed by atoms with van der Waals surface area (Å²) < 4.78 is 2.18. The van der Waals surface area contributed by atoms with E-state index in [0.29, 0.717) is 17.3 Å². The van der Waals surface area contributed by atoms with Crippen LogP contribution in [0.1, 0.15) is 11.1 Å². The zero-order chi connectivity index (χ0) is 19.5. The minimum absolute atomic E-state index is 0.0970. The number of halogens is 1. The smallest absolute Gasteiger partial charge is 0.269 e. The maximum absolute atomic E-state index is 10.8. The lowest BCUT2D eigenvalue weighted by molar-refractivity contribution is -0.384. The molecule has 5 nitrogen and oxygen atoms in total. The minimum Gasteiger partial charge on any atom is -0.314 e. The largest absolute Gasteiger partial charge is 0.314 e. The van der Waals surface area contributed by atoms with Crippen LogP contribution >= 0.6 is 23.4 Å². The Morgan fingerprint density at radius 3 is 2.46 bits per heavy atom. The number of nitrogens with zero attached hydrogens (tertiary/aromatic N) is 3. The number of rotatable bonds is 6. The second-order valence-electron chi connectivity index (χ2n) is 6.31. The summed E-state index contributed by atoms with van der Waals surface area (Å²) in [6.07, 6.45) is 0. The van der Waals surface area contributed by atoms with Crippen molar-refractivity contribution < 1.29 is 4.92 Å². The summed E-state index contributed by atoms with van der Waals surface area (Å²) in [7, 11) is 0. The maximum Gasteiger partial charge on any atom is 0.269 e. The average Bonchev–Trinajstić information content (AvgIpc) is 3.04. The number of nitro benzene ring substituents is 1. The van der Waals surface area contributed by atoms with Gasteiger partial charge >= 0.3 is 0 Å². The highest BCUT2D eigenvalue weighted by atomic mass is 35.5. The van der Waals surface area contributed by atoms with Crippen molar-refractivity contribution in [3.8, 4) is 0 Å². The molecular formula is C21H16ClN3O2S. The summed E-state index contributed by atoms with van der Waals surface area (Å²) in [4.78, 5) is 15.2. The Balaban J connectivity index is 1.63. The third-order valence-electron chi connectivity index (χ3n) is 4.37. The fraction of sp³-hybridized carbons (Fsp3) is 0.0952. The highest BCUT2D eigenvalue weighted by Crippen LogP contribution is 2.29. The molecule has 3 aromatic carbocycles. The number of hydrogen-bond donors (Lipinski definition) is 0. The number of thioether (sulfide) groups is 1. The van der Waals surface area contributed by atoms with Crippen LogP contribution in [0.25, 0.3) is 11.0 Å². The van der Waals surface area contributed by atoms with Gasteiger partial charge in [0, 0.05) is 22.9 Å². The van der Waals surface area contributed by atoms with Crippen molar-refractivity contribution in [3.63, 3.8) is 0 Å². The summed E-state index contributed by atoms with van der Waals surface area (Å²) >= 11 is 7.75. The number of hydrogen-bond acceptors (Lipinski definition) is 4. The molecule has 7 heteroatoms. The molecule has 28 heavy (non-hydrogen) atoms. The van der Waals surface area contributed by atoms with Crippen LogP contribution in [0.5, 0.6) is 0 Å². The van der Waals surface area contributed by atoms with E-state index in [4.69, 9.17) is 16.6 Å². The number of nitro groups is 1. The molecule has 0 saturated carbocycles. The van der Waals surface area contributed by atoms with Gasteiger partial charge in [-0.15, -0.1) is 0 Å². The quantitative estimate of drug-likeness (QED) is 0.224. The van der Waals surface area contributed by atoms with Gasteiger partial charge in [-0.3, -0.25) is 10.1 Å². The molecule has 0 amide bonds. The summed E-state index contributed by atoms with van der Waals surface area (Å²) in [5, 5.41) is 12.4. The molecule has 1 heterocycles. The second-order valence-corrected chi connectivity index (χ2v) is 7.69. The first-order valence-corrected chi connectivity index (χ1v) is 10.0. The van der Waals surface area contributed by atoms with Crippen molar-refractivity contribution in [1.82, 2.24) is 9.55 Å². The third kappa shape index (κ3) is 4.03. The Bertz CT molecular complexity index is 1130. The molecule has 4 rings (SSSR count). The molecule has 0 saturated heterocycles. The molecule has 0 aliphatic heterocycles. The predicted molar refractivity (Wildman–Crippen MR) is 113 cm³/mol. The van der Waals surface area contributed by atoms with Gasteiger partial charge in [0.2, 0.25) is 0 Å². The Hall–Kier alpha value is -2.83.